The average Bonchev–Trinajstić information content (AvgIpc) is 2.99. The lowest BCUT2D eigenvalue weighted by Crippen LogP contribution is -2.34. The van der Waals surface area contributed by atoms with E-state index in [2.05, 4.69) is 5.32 Å². The molecule has 144 valence electrons. The lowest BCUT2D eigenvalue weighted by molar-refractivity contribution is -0.122. The topological polar surface area (TPSA) is 77.0 Å². The van der Waals surface area contributed by atoms with Crippen molar-refractivity contribution in [2.45, 2.75) is 31.4 Å². The van der Waals surface area contributed by atoms with E-state index in [9.17, 15) is 9.90 Å². The fourth-order valence-corrected chi connectivity index (χ4v) is 3.42. The summed E-state index contributed by atoms with van der Waals surface area (Å²) >= 11 is 0. The van der Waals surface area contributed by atoms with Gasteiger partial charge in [0.05, 0.1) is 33.5 Å². The number of aryl methyl sites for hydroxylation is 1. The largest absolute Gasteiger partial charge is 0.497 e. The summed E-state index contributed by atoms with van der Waals surface area (Å²) < 4.78 is 15.8. The van der Waals surface area contributed by atoms with Crippen LogP contribution in [0, 0.1) is 0 Å². The van der Waals surface area contributed by atoms with E-state index in [4.69, 9.17) is 14.2 Å². The van der Waals surface area contributed by atoms with Crippen LogP contribution in [0.5, 0.6) is 17.2 Å². The molecule has 0 aromatic heterocycles. The Kier molecular flexibility index (Phi) is 5.86. The van der Waals surface area contributed by atoms with E-state index in [-0.39, 0.29) is 5.91 Å². The van der Waals surface area contributed by atoms with Gasteiger partial charge in [-0.2, -0.15) is 0 Å². The van der Waals surface area contributed by atoms with Gasteiger partial charge in [0.25, 0.3) is 0 Å². The molecule has 0 unspecified atom stereocenters. The van der Waals surface area contributed by atoms with E-state index >= 15 is 0 Å². The summed E-state index contributed by atoms with van der Waals surface area (Å²) in [6, 6.07) is 10.9. The van der Waals surface area contributed by atoms with Gasteiger partial charge in [-0.25, -0.2) is 0 Å². The minimum Gasteiger partial charge on any atom is -0.497 e. The van der Waals surface area contributed by atoms with Gasteiger partial charge in [-0.3, -0.25) is 4.79 Å². The highest BCUT2D eigenvalue weighted by molar-refractivity contribution is 5.77. The van der Waals surface area contributed by atoms with E-state index in [1.807, 2.05) is 36.4 Å². The predicted octanol–water partition coefficient (Wildman–Crippen LogP) is 2.42. The number of carbonyl (C=O) groups excluding carboxylic acids is 1. The number of benzene rings is 2. The fraction of sp³-hybridized carbons (Fsp3) is 0.381. The number of methoxy groups -OCH3 is 3. The zero-order chi connectivity index (χ0) is 19.4. The van der Waals surface area contributed by atoms with Crippen molar-refractivity contribution in [3.05, 3.63) is 53.1 Å². The van der Waals surface area contributed by atoms with E-state index in [0.29, 0.717) is 30.8 Å². The first-order valence-electron chi connectivity index (χ1n) is 8.91. The summed E-state index contributed by atoms with van der Waals surface area (Å²) in [7, 11) is 4.77. The van der Waals surface area contributed by atoms with Crippen molar-refractivity contribution >= 4 is 5.91 Å². The van der Waals surface area contributed by atoms with Crippen molar-refractivity contribution in [2.24, 2.45) is 0 Å². The molecule has 2 N–H and O–H groups in total. The number of amides is 1. The fourth-order valence-electron chi connectivity index (χ4n) is 3.42. The second kappa shape index (κ2) is 8.31. The van der Waals surface area contributed by atoms with Crippen LogP contribution in [0.4, 0.5) is 0 Å². The van der Waals surface area contributed by atoms with Crippen molar-refractivity contribution < 1.29 is 24.1 Å². The molecule has 1 aliphatic rings. The lowest BCUT2D eigenvalue weighted by atomic mass is 10.1. The van der Waals surface area contributed by atoms with Gasteiger partial charge < -0.3 is 24.6 Å². The number of hydrogen-bond acceptors (Lipinski definition) is 5. The van der Waals surface area contributed by atoms with Crippen LogP contribution < -0.4 is 19.5 Å². The Bertz CT molecular complexity index is 803. The first kappa shape index (κ1) is 19.0. The average molecular weight is 371 g/mol. The second-order valence-electron chi connectivity index (χ2n) is 6.57. The van der Waals surface area contributed by atoms with Gasteiger partial charge in [-0.1, -0.05) is 12.1 Å². The molecular formula is C21H25NO5. The van der Waals surface area contributed by atoms with Gasteiger partial charge in [0.2, 0.25) is 5.91 Å². The Morgan fingerprint density at radius 1 is 1.07 bits per heavy atom. The van der Waals surface area contributed by atoms with Gasteiger partial charge in [0.15, 0.2) is 11.5 Å². The molecule has 0 radical (unpaired) electrons. The van der Waals surface area contributed by atoms with Crippen LogP contribution in [-0.2, 0) is 17.6 Å². The molecule has 0 spiro atoms. The molecule has 0 saturated heterocycles. The van der Waals surface area contributed by atoms with Gasteiger partial charge in [0, 0.05) is 12.8 Å². The number of rotatable bonds is 7. The third-order valence-corrected chi connectivity index (χ3v) is 4.91. The highest BCUT2D eigenvalue weighted by atomic mass is 16.5. The zero-order valence-electron chi connectivity index (χ0n) is 15.8. The van der Waals surface area contributed by atoms with Crippen LogP contribution >= 0.6 is 0 Å². The maximum Gasteiger partial charge on any atom is 0.220 e. The number of carbonyl (C=O) groups is 1. The predicted molar refractivity (Wildman–Crippen MR) is 101 cm³/mol. The normalized spacial score (nSPS) is 17.9. The molecule has 2 atom stereocenters. The van der Waals surface area contributed by atoms with Crippen molar-refractivity contribution in [2.75, 3.05) is 21.3 Å². The van der Waals surface area contributed by atoms with Gasteiger partial charge in [-0.05, 0) is 47.4 Å². The summed E-state index contributed by atoms with van der Waals surface area (Å²) in [5, 5.41) is 13.4. The quantitative estimate of drug-likeness (QED) is 0.782. The Labute approximate surface area is 159 Å². The molecule has 0 aliphatic heterocycles. The minimum atomic E-state index is -0.665. The molecule has 0 fully saturated rings. The summed E-state index contributed by atoms with van der Waals surface area (Å²) in [6.07, 6.45) is 0.774. The molecule has 0 bridgehead atoms. The van der Waals surface area contributed by atoms with Crippen molar-refractivity contribution in [3.8, 4) is 17.2 Å². The van der Waals surface area contributed by atoms with Gasteiger partial charge in [0.1, 0.15) is 5.75 Å². The number of nitrogens with one attached hydrogen (secondary N) is 1. The highest BCUT2D eigenvalue weighted by Crippen LogP contribution is 2.39. The Morgan fingerprint density at radius 3 is 2.37 bits per heavy atom. The molecule has 1 aliphatic carbocycles. The molecule has 0 heterocycles. The van der Waals surface area contributed by atoms with E-state index in [0.717, 1.165) is 22.4 Å². The number of aliphatic hydroxyl groups excluding tert-OH is 1. The minimum absolute atomic E-state index is 0.0995. The summed E-state index contributed by atoms with van der Waals surface area (Å²) in [6.45, 7) is 0. The number of fused-ring (bicyclic) bond motifs is 1. The zero-order valence-corrected chi connectivity index (χ0v) is 15.8. The van der Waals surface area contributed by atoms with Crippen molar-refractivity contribution in [1.29, 1.82) is 0 Å². The van der Waals surface area contributed by atoms with Gasteiger partial charge >= 0.3 is 0 Å². The second-order valence-corrected chi connectivity index (χ2v) is 6.57. The summed E-state index contributed by atoms with van der Waals surface area (Å²) in [5.74, 6) is 1.90. The molecule has 27 heavy (non-hydrogen) atoms. The third kappa shape index (κ3) is 4.17. The van der Waals surface area contributed by atoms with Crippen LogP contribution in [0.2, 0.25) is 0 Å². The standard InChI is InChI=1S/C21H25NO5/c1-25-15-7-4-13(5-8-15)6-9-20(24)22-21-16-12-19(27-3)18(26-2)11-14(16)10-17(21)23/h4-5,7-8,11-12,17,21,23H,6,9-10H2,1-3H3,(H,22,24)/t17-,21-/m0/s1. The van der Waals surface area contributed by atoms with Crippen molar-refractivity contribution in [1.82, 2.24) is 5.32 Å². The Hall–Kier alpha value is -2.73. The van der Waals surface area contributed by atoms with Crippen LogP contribution in [0.3, 0.4) is 0 Å². The van der Waals surface area contributed by atoms with Crippen LogP contribution in [-0.4, -0.2) is 38.4 Å². The SMILES string of the molecule is COc1ccc(CCC(=O)N[C@H]2c3cc(OC)c(OC)cc3C[C@@H]2O)cc1. The molecule has 6 nitrogen and oxygen atoms in total. The molecule has 1 amide bonds. The number of hydrogen-bond donors (Lipinski definition) is 2. The maximum absolute atomic E-state index is 12.4. The van der Waals surface area contributed by atoms with E-state index in [1.165, 1.54) is 0 Å². The molecule has 3 rings (SSSR count). The van der Waals surface area contributed by atoms with E-state index in [1.54, 1.807) is 21.3 Å². The van der Waals surface area contributed by atoms with Crippen LogP contribution in [0.25, 0.3) is 0 Å². The molecule has 6 heteroatoms. The van der Waals surface area contributed by atoms with Gasteiger partial charge in [-0.15, -0.1) is 0 Å². The smallest absolute Gasteiger partial charge is 0.220 e. The van der Waals surface area contributed by atoms with Crippen molar-refractivity contribution in [3.63, 3.8) is 0 Å². The molecular weight excluding hydrogens is 346 g/mol. The van der Waals surface area contributed by atoms with E-state index < -0.39 is 12.1 Å². The monoisotopic (exact) mass is 371 g/mol. The first-order valence-corrected chi connectivity index (χ1v) is 8.91. The molecule has 2 aromatic rings. The Balaban J connectivity index is 1.66. The first-order chi connectivity index (χ1) is 13.0. The Morgan fingerprint density at radius 2 is 1.74 bits per heavy atom. The molecule has 2 aromatic carbocycles. The highest BCUT2D eigenvalue weighted by Gasteiger charge is 2.33. The van der Waals surface area contributed by atoms with Crippen LogP contribution in [0.15, 0.2) is 36.4 Å². The molecule has 0 saturated carbocycles. The van der Waals surface area contributed by atoms with Crippen LogP contribution in [0.1, 0.15) is 29.2 Å². The number of ether oxygens (including phenoxy) is 3. The number of aliphatic hydroxyl groups is 1. The lowest BCUT2D eigenvalue weighted by Gasteiger charge is -2.19. The third-order valence-electron chi connectivity index (χ3n) is 4.91. The summed E-state index contributed by atoms with van der Waals surface area (Å²) in [5.41, 5.74) is 2.89. The maximum atomic E-state index is 12.4. The summed E-state index contributed by atoms with van der Waals surface area (Å²) in [4.78, 5) is 12.4.